The van der Waals surface area contributed by atoms with Crippen molar-refractivity contribution in [2.24, 2.45) is 23.0 Å². The van der Waals surface area contributed by atoms with E-state index in [0.29, 0.717) is 12.5 Å². The monoisotopic (exact) mass is 290 g/mol. The van der Waals surface area contributed by atoms with E-state index in [1.165, 1.54) is 0 Å². The molecule has 19 heavy (non-hydrogen) atoms. The van der Waals surface area contributed by atoms with E-state index in [1.807, 2.05) is 0 Å². The van der Waals surface area contributed by atoms with Crippen molar-refractivity contribution < 1.29 is 9.53 Å². The van der Waals surface area contributed by atoms with Crippen LogP contribution in [0.25, 0.3) is 0 Å². The van der Waals surface area contributed by atoms with Crippen molar-refractivity contribution in [2.75, 3.05) is 13.7 Å². The maximum atomic E-state index is 12.3. The molecule has 2 saturated carbocycles. The minimum Gasteiger partial charge on any atom is -0.381 e. The first-order valence-electron chi connectivity index (χ1n) is 7.04. The SMILES string of the molecule is COC1CC(NC(=O)[C@@H]2CCC[C@@H]2CN)C1(C)C.Cl. The summed E-state index contributed by atoms with van der Waals surface area (Å²) >= 11 is 0. The third kappa shape index (κ3) is 3.06. The van der Waals surface area contributed by atoms with Gasteiger partial charge in [-0.1, -0.05) is 20.3 Å². The van der Waals surface area contributed by atoms with Crippen LogP contribution in [0.3, 0.4) is 0 Å². The zero-order valence-corrected chi connectivity index (χ0v) is 13.0. The number of amides is 1. The maximum Gasteiger partial charge on any atom is 0.223 e. The third-order valence-electron chi connectivity index (χ3n) is 5.08. The molecule has 2 aliphatic carbocycles. The Morgan fingerprint density at radius 3 is 2.63 bits per heavy atom. The highest BCUT2D eigenvalue weighted by Crippen LogP contribution is 2.43. The number of carbonyl (C=O) groups excluding carboxylic acids is 1. The van der Waals surface area contributed by atoms with Gasteiger partial charge in [-0.25, -0.2) is 0 Å². The molecule has 2 fully saturated rings. The lowest BCUT2D eigenvalue weighted by atomic mass is 9.64. The molecular weight excluding hydrogens is 264 g/mol. The summed E-state index contributed by atoms with van der Waals surface area (Å²) in [4.78, 5) is 12.3. The highest BCUT2D eigenvalue weighted by Gasteiger charge is 2.50. The largest absolute Gasteiger partial charge is 0.381 e. The molecule has 0 aromatic heterocycles. The molecule has 0 radical (unpaired) electrons. The van der Waals surface area contributed by atoms with Gasteiger partial charge in [0.05, 0.1) is 6.10 Å². The molecule has 2 unspecified atom stereocenters. The molecule has 2 rings (SSSR count). The van der Waals surface area contributed by atoms with Gasteiger partial charge < -0.3 is 15.8 Å². The Hall–Kier alpha value is -0.320. The Kier molecular flexibility index (Phi) is 5.65. The smallest absolute Gasteiger partial charge is 0.223 e. The molecular formula is C14H27ClN2O2. The first kappa shape index (κ1) is 16.7. The van der Waals surface area contributed by atoms with E-state index in [4.69, 9.17) is 10.5 Å². The van der Waals surface area contributed by atoms with Gasteiger partial charge in [-0.2, -0.15) is 0 Å². The van der Waals surface area contributed by atoms with Gasteiger partial charge >= 0.3 is 0 Å². The molecule has 4 nitrogen and oxygen atoms in total. The van der Waals surface area contributed by atoms with Gasteiger partial charge in [-0.05, 0) is 31.7 Å². The van der Waals surface area contributed by atoms with Crippen LogP contribution in [-0.2, 0) is 9.53 Å². The van der Waals surface area contributed by atoms with Crippen molar-refractivity contribution in [1.82, 2.24) is 5.32 Å². The summed E-state index contributed by atoms with van der Waals surface area (Å²) in [5, 5.41) is 3.20. The van der Waals surface area contributed by atoms with Gasteiger partial charge in [0.2, 0.25) is 5.91 Å². The molecule has 0 aliphatic heterocycles. The Morgan fingerprint density at radius 1 is 1.42 bits per heavy atom. The number of methoxy groups -OCH3 is 1. The zero-order valence-electron chi connectivity index (χ0n) is 12.1. The van der Waals surface area contributed by atoms with E-state index < -0.39 is 0 Å². The summed E-state index contributed by atoms with van der Waals surface area (Å²) in [5.74, 6) is 0.717. The van der Waals surface area contributed by atoms with Crippen LogP contribution in [0.4, 0.5) is 0 Å². The molecule has 2 aliphatic rings. The number of rotatable bonds is 4. The van der Waals surface area contributed by atoms with Crippen molar-refractivity contribution in [2.45, 2.75) is 51.7 Å². The molecule has 0 spiro atoms. The van der Waals surface area contributed by atoms with Crippen LogP contribution in [0.2, 0.25) is 0 Å². The van der Waals surface area contributed by atoms with Gasteiger partial charge in [-0.15, -0.1) is 12.4 Å². The van der Waals surface area contributed by atoms with Crippen LogP contribution in [-0.4, -0.2) is 31.7 Å². The Bertz CT molecular complexity index is 323. The molecule has 0 bridgehead atoms. The van der Waals surface area contributed by atoms with E-state index >= 15 is 0 Å². The van der Waals surface area contributed by atoms with E-state index in [1.54, 1.807) is 7.11 Å². The van der Waals surface area contributed by atoms with E-state index in [9.17, 15) is 4.79 Å². The molecule has 112 valence electrons. The van der Waals surface area contributed by atoms with E-state index in [0.717, 1.165) is 25.7 Å². The Balaban J connectivity index is 0.00000180. The topological polar surface area (TPSA) is 64.3 Å². The number of nitrogens with one attached hydrogen (secondary N) is 1. The standard InChI is InChI=1S/C14H26N2O2.ClH/c1-14(2)11(7-12(14)18-3)16-13(17)10-6-4-5-9(10)8-15;/h9-12H,4-8,15H2,1-3H3,(H,16,17);1H/t9-,10-,11?,12?;/m1./s1. The first-order valence-corrected chi connectivity index (χ1v) is 7.04. The number of hydrogen-bond acceptors (Lipinski definition) is 3. The molecule has 5 heteroatoms. The van der Waals surface area contributed by atoms with Crippen LogP contribution in [0.5, 0.6) is 0 Å². The molecule has 4 atom stereocenters. The molecule has 0 saturated heterocycles. The average molecular weight is 291 g/mol. The summed E-state index contributed by atoms with van der Waals surface area (Å²) in [7, 11) is 1.74. The van der Waals surface area contributed by atoms with Gasteiger partial charge in [-0.3, -0.25) is 4.79 Å². The average Bonchev–Trinajstić information content (AvgIpc) is 2.81. The predicted molar refractivity (Wildman–Crippen MR) is 78.3 cm³/mol. The van der Waals surface area contributed by atoms with Crippen molar-refractivity contribution in [3.8, 4) is 0 Å². The second kappa shape index (κ2) is 6.42. The minimum absolute atomic E-state index is 0. The minimum atomic E-state index is 0. The highest BCUT2D eigenvalue weighted by atomic mass is 35.5. The number of ether oxygens (including phenoxy) is 1. The lowest BCUT2D eigenvalue weighted by Gasteiger charge is -2.51. The summed E-state index contributed by atoms with van der Waals surface area (Å²) in [6, 6.07) is 0.244. The Labute approximate surface area is 122 Å². The van der Waals surface area contributed by atoms with Crippen LogP contribution in [0.15, 0.2) is 0 Å². The fourth-order valence-corrected chi connectivity index (χ4v) is 3.47. The summed E-state index contributed by atoms with van der Waals surface area (Å²) in [6.07, 6.45) is 4.42. The van der Waals surface area contributed by atoms with Crippen LogP contribution in [0, 0.1) is 17.3 Å². The number of hydrogen-bond donors (Lipinski definition) is 2. The molecule has 0 heterocycles. The van der Waals surface area contributed by atoms with Crippen LogP contribution < -0.4 is 11.1 Å². The van der Waals surface area contributed by atoms with Gasteiger partial charge in [0.1, 0.15) is 0 Å². The lowest BCUT2D eigenvalue weighted by Crippen LogP contribution is -2.62. The quantitative estimate of drug-likeness (QED) is 0.828. The first-order chi connectivity index (χ1) is 8.50. The fourth-order valence-electron chi connectivity index (χ4n) is 3.47. The second-order valence-electron chi connectivity index (χ2n) is 6.38. The van der Waals surface area contributed by atoms with Crippen molar-refractivity contribution >= 4 is 18.3 Å². The van der Waals surface area contributed by atoms with Crippen molar-refractivity contribution in [3.05, 3.63) is 0 Å². The second-order valence-corrected chi connectivity index (χ2v) is 6.38. The van der Waals surface area contributed by atoms with Gasteiger partial charge in [0.15, 0.2) is 0 Å². The third-order valence-corrected chi connectivity index (χ3v) is 5.08. The number of halogens is 1. The van der Waals surface area contributed by atoms with Crippen LogP contribution >= 0.6 is 12.4 Å². The van der Waals surface area contributed by atoms with Crippen molar-refractivity contribution in [3.63, 3.8) is 0 Å². The normalized spacial score (nSPS) is 36.2. The summed E-state index contributed by atoms with van der Waals surface area (Å²) in [5.41, 5.74) is 5.78. The van der Waals surface area contributed by atoms with E-state index in [-0.39, 0.29) is 41.8 Å². The molecule has 1 amide bonds. The van der Waals surface area contributed by atoms with Crippen LogP contribution in [0.1, 0.15) is 39.5 Å². The highest BCUT2D eigenvalue weighted by molar-refractivity contribution is 5.85. The number of nitrogens with two attached hydrogens (primary N) is 1. The summed E-state index contributed by atoms with van der Waals surface area (Å²) < 4.78 is 5.41. The predicted octanol–water partition coefficient (Wildman–Crippen LogP) is 1.71. The Morgan fingerprint density at radius 2 is 2.11 bits per heavy atom. The fraction of sp³-hybridized carbons (Fsp3) is 0.929. The summed E-state index contributed by atoms with van der Waals surface area (Å²) in [6.45, 7) is 4.95. The van der Waals surface area contributed by atoms with Gasteiger partial charge in [0.25, 0.3) is 0 Å². The van der Waals surface area contributed by atoms with E-state index in [2.05, 4.69) is 19.2 Å². The molecule has 0 aromatic carbocycles. The van der Waals surface area contributed by atoms with Gasteiger partial charge in [0, 0.05) is 24.5 Å². The molecule has 3 N–H and O–H groups in total. The molecule has 0 aromatic rings. The maximum absolute atomic E-state index is 12.3. The number of carbonyl (C=O) groups is 1. The van der Waals surface area contributed by atoms with Crippen molar-refractivity contribution in [1.29, 1.82) is 0 Å². The lowest BCUT2D eigenvalue weighted by molar-refractivity contribution is -0.137. The zero-order chi connectivity index (χ0) is 13.3.